The number of benzene rings is 2. The van der Waals surface area contributed by atoms with E-state index in [1.807, 2.05) is 18.2 Å². The van der Waals surface area contributed by atoms with Gasteiger partial charge < -0.3 is 19.9 Å². The van der Waals surface area contributed by atoms with E-state index in [2.05, 4.69) is 11.4 Å². The van der Waals surface area contributed by atoms with E-state index in [9.17, 15) is 14.7 Å². The van der Waals surface area contributed by atoms with Crippen molar-refractivity contribution in [3.63, 3.8) is 0 Å². The molecule has 34 heavy (non-hydrogen) atoms. The van der Waals surface area contributed by atoms with Crippen LogP contribution in [0.2, 0.25) is 0 Å². The molecular weight excluding hydrogens is 430 g/mol. The molecule has 182 valence electrons. The van der Waals surface area contributed by atoms with Gasteiger partial charge in [0.15, 0.2) is 11.5 Å². The van der Waals surface area contributed by atoms with Gasteiger partial charge in [0, 0.05) is 5.69 Å². The molecule has 0 atom stereocenters. The van der Waals surface area contributed by atoms with Crippen LogP contribution in [0, 0.1) is 5.92 Å². The molecular formula is C28H35NO5. The number of carbonyl (C=O) groups is 2. The average Bonchev–Trinajstić information content (AvgIpc) is 2.86. The van der Waals surface area contributed by atoms with Crippen molar-refractivity contribution in [3.8, 4) is 11.5 Å². The van der Waals surface area contributed by atoms with E-state index in [-0.39, 0.29) is 36.1 Å². The van der Waals surface area contributed by atoms with Crippen molar-refractivity contribution < 1.29 is 24.2 Å². The third-order valence-corrected chi connectivity index (χ3v) is 7.15. The lowest BCUT2D eigenvalue weighted by Crippen LogP contribution is -2.28. The molecule has 2 N–H and O–H groups in total. The third-order valence-electron chi connectivity index (χ3n) is 7.15. The van der Waals surface area contributed by atoms with Gasteiger partial charge in [0.1, 0.15) is 6.10 Å². The van der Waals surface area contributed by atoms with Crippen molar-refractivity contribution >= 4 is 17.6 Å². The van der Waals surface area contributed by atoms with Gasteiger partial charge in [-0.15, -0.1) is 0 Å². The molecule has 0 radical (unpaired) electrons. The molecule has 0 aromatic heterocycles. The number of nitrogens with one attached hydrogen (secondary N) is 1. The summed E-state index contributed by atoms with van der Waals surface area (Å²) in [4.78, 5) is 25.0. The smallest absolute Gasteiger partial charge is 0.309 e. The first-order chi connectivity index (χ1) is 16.5. The number of ether oxygens (including phenoxy) is 2. The second-order valence-electron chi connectivity index (χ2n) is 9.60. The van der Waals surface area contributed by atoms with E-state index in [4.69, 9.17) is 9.47 Å². The number of methoxy groups -OCH3 is 1. The first kappa shape index (κ1) is 24.1. The minimum atomic E-state index is -0.122. The van der Waals surface area contributed by atoms with E-state index < -0.39 is 0 Å². The maximum Gasteiger partial charge on any atom is 0.309 e. The number of hydrogen-bond acceptors (Lipinski definition) is 5. The highest BCUT2D eigenvalue weighted by molar-refractivity contribution is 5.92. The topological polar surface area (TPSA) is 84.9 Å². The molecule has 2 aliphatic carbocycles. The summed E-state index contributed by atoms with van der Waals surface area (Å²) in [6, 6.07) is 13.0. The Bertz CT molecular complexity index is 990. The van der Waals surface area contributed by atoms with E-state index in [1.165, 1.54) is 25.2 Å². The van der Waals surface area contributed by atoms with Gasteiger partial charge in [-0.25, -0.2) is 0 Å². The lowest BCUT2D eigenvalue weighted by Gasteiger charge is -2.30. The fraction of sp³-hybridized carbons (Fsp3) is 0.500. The van der Waals surface area contributed by atoms with Crippen LogP contribution in [0.3, 0.4) is 0 Å². The van der Waals surface area contributed by atoms with Crippen molar-refractivity contribution in [3.05, 3.63) is 53.6 Å². The average molecular weight is 466 g/mol. The number of anilines is 1. The Labute approximate surface area is 201 Å². The lowest BCUT2D eigenvalue weighted by molar-refractivity contribution is -0.156. The minimum absolute atomic E-state index is 0.0131. The maximum atomic E-state index is 12.6. The SMILES string of the molecule is COc1cc(CC(=O)Nc2cccc(C3CCC(OC(=O)C4CCCCC4)CC3)c2)ccc1O. The summed E-state index contributed by atoms with van der Waals surface area (Å²) in [5.74, 6) is 0.810. The Morgan fingerprint density at radius 1 is 0.971 bits per heavy atom. The van der Waals surface area contributed by atoms with Crippen LogP contribution in [-0.2, 0) is 20.7 Å². The van der Waals surface area contributed by atoms with E-state index in [1.54, 1.807) is 12.1 Å². The number of phenols is 1. The van der Waals surface area contributed by atoms with Gasteiger partial charge in [0.25, 0.3) is 0 Å². The summed E-state index contributed by atoms with van der Waals surface area (Å²) in [5.41, 5.74) is 2.75. The summed E-state index contributed by atoms with van der Waals surface area (Å²) < 4.78 is 11.0. The number of esters is 1. The van der Waals surface area contributed by atoms with Crippen molar-refractivity contribution in [1.82, 2.24) is 0 Å². The van der Waals surface area contributed by atoms with Crippen LogP contribution >= 0.6 is 0 Å². The molecule has 0 saturated heterocycles. The molecule has 0 heterocycles. The summed E-state index contributed by atoms with van der Waals surface area (Å²) in [5, 5.41) is 12.7. The Kier molecular flexibility index (Phi) is 8.09. The zero-order chi connectivity index (χ0) is 23.9. The Hall–Kier alpha value is -3.02. The standard InChI is InChI=1S/C28H35NO5/c1-33-26-16-19(10-15-25(26)30)17-27(31)29-23-9-5-8-22(18-23)20-11-13-24(14-12-20)34-28(32)21-6-3-2-4-7-21/h5,8-10,15-16,18,20-21,24,30H,2-4,6-7,11-14,17H2,1H3,(H,29,31). The van der Waals surface area contributed by atoms with Crippen molar-refractivity contribution in [2.24, 2.45) is 5.92 Å². The van der Waals surface area contributed by atoms with Gasteiger partial charge in [-0.1, -0.05) is 37.5 Å². The van der Waals surface area contributed by atoms with E-state index >= 15 is 0 Å². The zero-order valence-corrected chi connectivity index (χ0v) is 19.9. The molecule has 1 amide bonds. The Balaban J connectivity index is 1.28. The van der Waals surface area contributed by atoms with Gasteiger partial charge in [0.2, 0.25) is 5.91 Å². The molecule has 6 heteroatoms. The van der Waals surface area contributed by atoms with Crippen LogP contribution in [-0.4, -0.2) is 30.2 Å². The highest BCUT2D eigenvalue weighted by atomic mass is 16.5. The van der Waals surface area contributed by atoms with Crippen LogP contribution in [0.15, 0.2) is 42.5 Å². The largest absolute Gasteiger partial charge is 0.504 e. The molecule has 2 aromatic rings. The second-order valence-corrected chi connectivity index (χ2v) is 9.60. The molecule has 0 unspecified atom stereocenters. The van der Waals surface area contributed by atoms with Gasteiger partial charge in [-0.05, 0) is 79.8 Å². The summed E-state index contributed by atoms with van der Waals surface area (Å²) in [7, 11) is 1.48. The Morgan fingerprint density at radius 3 is 2.47 bits per heavy atom. The molecule has 2 aromatic carbocycles. The molecule has 2 aliphatic rings. The highest BCUT2D eigenvalue weighted by Crippen LogP contribution is 2.36. The highest BCUT2D eigenvalue weighted by Gasteiger charge is 2.29. The summed E-state index contributed by atoms with van der Waals surface area (Å²) in [6.45, 7) is 0. The maximum absolute atomic E-state index is 12.6. The third kappa shape index (κ3) is 6.31. The lowest BCUT2D eigenvalue weighted by atomic mass is 9.82. The van der Waals surface area contributed by atoms with Crippen LogP contribution in [0.5, 0.6) is 11.5 Å². The predicted molar refractivity (Wildman–Crippen MR) is 131 cm³/mol. The molecule has 0 bridgehead atoms. The van der Waals surface area contributed by atoms with Crippen LogP contribution in [0.4, 0.5) is 5.69 Å². The number of hydrogen-bond donors (Lipinski definition) is 2. The van der Waals surface area contributed by atoms with Gasteiger partial charge in [-0.3, -0.25) is 9.59 Å². The van der Waals surface area contributed by atoms with E-state index in [0.717, 1.165) is 62.6 Å². The van der Waals surface area contributed by atoms with Crippen molar-refractivity contribution in [2.45, 2.75) is 76.2 Å². The molecule has 4 rings (SSSR count). The number of aromatic hydroxyl groups is 1. The van der Waals surface area contributed by atoms with Crippen LogP contribution in [0.25, 0.3) is 0 Å². The quantitative estimate of drug-likeness (QED) is 0.510. The number of rotatable bonds is 7. The molecule has 0 spiro atoms. The molecule has 2 fully saturated rings. The van der Waals surface area contributed by atoms with Crippen LogP contribution in [0.1, 0.15) is 74.8 Å². The van der Waals surface area contributed by atoms with Crippen molar-refractivity contribution in [1.29, 1.82) is 0 Å². The summed E-state index contributed by atoms with van der Waals surface area (Å²) in [6.07, 6.45) is 9.45. The fourth-order valence-electron chi connectivity index (χ4n) is 5.21. The molecule has 2 saturated carbocycles. The molecule has 6 nitrogen and oxygen atoms in total. The summed E-state index contributed by atoms with van der Waals surface area (Å²) >= 11 is 0. The van der Waals surface area contributed by atoms with Gasteiger partial charge in [-0.2, -0.15) is 0 Å². The zero-order valence-electron chi connectivity index (χ0n) is 19.9. The van der Waals surface area contributed by atoms with Crippen LogP contribution < -0.4 is 10.1 Å². The minimum Gasteiger partial charge on any atom is -0.504 e. The fourth-order valence-corrected chi connectivity index (χ4v) is 5.21. The Morgan fingerprint density at radius 2 is 1.74 bits per heavy atom. The number of amides is 1. The van der Waals surface area contributed by atoms with Crippen molar-refractivity contribution in [2.75, 3.05) is 12.4 Å². The monoisotopic (exact) mass is 465 g/mol. The normalized spacial score (nSPS) is 21.0. The second kappa shape index (κ2) is 11.4. The van der Waals surface area contributed by atoms with E-state index in [0.29, 0.717) is 11.7 Å². The number of carbonyl (C=O) groups excluding carboxylic acids is 2. The first-order valence-corrected chi connectivity index (χ1v) is 12.5. The van der Waals surface area contributed by atoms with Gasteiger partial charge in [0.05, 0.1) is 19.4 Å². The predicted octanol–water partition coefficient (Wildman–Crippen LogP) is 5.73. The van der Waals surface area contributed by atoms with Gasteiger partial charge >= 0.3 is 5.97 Å². The number of phenolic OH excluding ortho intramolecular Hbond substituents is 1. The molecule has 0 aliphatic heterocycles. The first-order valence-electron chi connectivity index (χ1n) is 12.5.